The first-order chi connectivity index (χ1) is 8.20. The first-order valence-corrected chi connectivity index (χ1v) is 6.01. The van der Waals surface area contributed by atoms with E-state index in [1.807, 2.05) is 24.3 Å². The van der Waals surface area contributed by atoms with Crippen molar-refractivity contribution in [3.63, 3.8) is 0 Å². The summed E-state index contributed by atoms with van der Waals surface area (Å²) in [6.07, 6.45) is 0.962. The predicted octanol–water partition coefficient (Wildman–Crippen LogP) is 0.910. The van der Waals surface area contributed by atoms with Crippen LogP contribution in [0.2, 0.25) is 0 Å². The standard InChI is InChI=1S/C13H18N2O2/c1-2-9-5-3-4-6-11(9)15-13(17)12-7-10(16)8-14-12/h3-6,10,12,14,16H,2,7-8H2,1H3,(H,15,17). The molecule has 1 aliphatic heterocycles. The lowest BCUT2D eigenvalue weighted by Gasteiger charge is -2.13. The second-order valence-corrected chi connectivity index (χ2v) is 4.35. The molecule has 0 aliphatic carbocycles. The van der Waals surface area contributed by atoms with Gasteiger partial charge in [0.15, 0.2) is 0 Å². The quantitative estimate of drug-likeness (QED) is 0.728. The van der Waals surface area contributed by atoms with E-state index in [9.17, 15) is 9.90 Å². The lowest BCUT2D eigenvalue weighted by molar-refractivity contribution is -0.117. The van der Waals surface area contributed by atoms with Crippen LogP contribution in [0.5, 0.6) is 0 Å². The Morgan fingerprint density at radius 1 is 1.53 bits per heavy atom. The average Bonchev–Trinajstić information content (AvgIpc) is 2.77. The maximum absolute atomic E-state index is 11.9. The molecule has 1 aliphatic rings. The normalized spacial score (nSPS) is 23.6. The number of hydrogen-bond donors (Lipinski definition) is 3. The third-order valence-corrected chi connectivity index (χ3v) is 3.08. The van der Waals surface area contributed by atoms with Crippen LogP contribution in [0.15, 0.2) is 24.3 Å². The summed E-state index contributed by atoms with van der Waals surface area (Å²) in [5.74, 6) is -0.0672. The molecule has 0 aromatic heterocycles. The molecule has 0 radical (unpaired) electrons. The molecule has 1 aromatic rings. The third-order valence-electron chi connectivity index (χ3n) is 3.08. The Balaban J connectivity index is 2.03. The maximum Gasteiger partial charge on any atom is 0.241 e. The van der Waals surface area contributed by atoms with Gasteiger partial charge in [-0.2, -0.15) is 0 Å². The topological polar surface area (TPSA) is 61.4 Å². The van der Waals surface area contributed by atoms with Crippen molar-refractivity contribution >= 4 is 11.6 Å². The van der Waals surface area contributed by atoms with E-state index >= 15 is 0 Å². The summed E-state index contributed by atoms with van der Waals surface area (Å²) >= 11 is 0. The second kappa shape index (κ2) is 5.29. The van der Waals surface area contributed by atoms with Gasteiger partial charge in [0.25, 0.3) is 0 Å². The fourth-order valence-corrected chi connectivity index (χ4v) is 2.09. The summed E-state index contributed by atoms with van der Waals surface area (Å²) in [4.78, 5) is 11.9. The number of nitrogens with one attached hydrogen (secondary N) is 2. The Kier molecular flexibility index (Phi) is 3.76. The zero-order valence-electron chi connectivity index (χ0n) is 9.94. The van der Waals surface area contributed by atoms with Gasteiger partial charge in [-0.3, -0.25) is 4.79 Å². The lowest BCUT2D eigenvalue weighted by atomic mass is 10.1. The fraction of sp³-hybridized carbons (Fsp3) is 0.462. The number of β-amino-alcohol motifs (C(OH)–C–C–N with tert-alkyl or cyclic N) is 1. The number of benzene rings is 1. The van der Waals surface area contributed by atoms with E-state index in [1.54, 1.807) is 0 Å². The van der Waals surface area contributed by atoms with Crippen molar-refractivity contribution in [1.29, 1.82) is 0 Å². The minimum absolute atomic E-state index is 0.0672. The van der Waals surface area contributed by atoms with Gasteiger partial charge in [-0.15, -0.1) is 0 Å². The van der Waals surface area contributed by atoms with Crippen LogP contribution >= 0.6 is 0 Å². The summed E-state index contributed by atoms with van der Waals surface area (Å²) in [7, 11) is 0. The van der Waals surface area contributed by atoms with E-state index in [0.717, 1.165) is 17.7 Å². The molecule has 1 saturated heterocycles. The molecule has 4 nitrogen and oxygen atoms in total. The number of carbonyl (C=O) groups excluding carboxylic acids is 1. The summed E-state index contributed by atoms with van der Waals surface area (Å²) < 4.78 is 0. The van der Waals surface area contributed by atoms with Gasteiger partial charge < -0.3 is 15.7 Å². The number of aryl methyl sites for hydroxylation is 1. The number of amides is 1. The fourth-order valence-electron chi connectivity index (χ4n) is 2.09. The van der Waals surface area contributed by atoms with Crippen molar-refractivity contribution in [3.8, 4) is 0 Å². The van der Waals surface area contributed by atoms with Crippen LogP contribution in [0.3, 0.4) is 0 Å². The van der Waals surface area contributed by atoms with Crippen molar-refractivity contribution in [2.24, 2.45) is 0 Å². The Hall–Kier alpha value is -1.39. The molecule has 4 heteroatoms. The zero-order valence-corrected chi connectivity index (χ0v) is 9.94. The molecule has 0 bridgehead atoms. The van der Waals surface area contributed by atoms with E-state index in [4.69, 9.17) is 0 Å². The second-order valence-electron chi connectivity index (χ2n) is 4.35. The Bertz CT molecular complexity index is 406. The van der Waals surface area contributed by atoms with Crippen LogP contribution < -0.4 is 10.6 Å². The summed E-state index contributed by atoms with van der Waals surface area (Å²) in [6.45, 7) is 2.55. The van der Waals surface area contributed by atoms with E-state index in [2.05, 4.69) is 17.6 Å². The van der Waals surface area contributed by atoms with Gasteiger partial charge in [0, 0.05) is 12.2 Å². The number of anilines is 1. The highest BCUT2D eigenvalue weighted by atomic mass is 16.3. The Morgan fingerprint density at radius 3 is 2.94 bits per heavy atom. The van der Waals surface area contributed by atoms with Gasteiger partial charge in [-0.05, 0) is 24.5 Å². The van der Waals surface area contributed by atoms with Gasteiger partial charge in [-0.1, -0.05) is 25.1 Å². The largest absolute Gasteiger partial charge is 0.392 e. The van der Waals surface area contributed by atoms with Crippen molar-refractivity contribution in [2.75, 3.05) is 11.9 Å². The molecule has 3 N–H and O–H groups in total. The molecule has 17 heavy (non-hydrogen) atoms. The molecule has 2 unspecified atom stereocenters. The lowest BCUT2D eigenvalue weighted by Crippen LogP contribution is -2.35. The number of carbonyl (C=O) groups is 1. The van der Waals surface area contributed by atoms with Crippen LogP contribution in [-0.4, -0.2) is 29.7 Å². The average molecular weight is 234 g/mol. The summed E-state index contributed by atoms with van der Waals surface area (Å²) in [5, 5.41) is 15.3. The van der Waals surface area contributed by atoms with Gasteiger partial charge in [0.05, 0.1) is 12.1 Å². The molecule has 92 valence electrons. The van der Waals surface area contributed by atoms with E-state index in [1.165, 1.54) is 0 Å². The van der Waals surface area contributed by atoms with Crippen LogP contribution in [0, 0.1) is 0 Å². The number of rotatable bonds is 3. The Labute approximate surface area is 101 Å². The minimum atomic E-state index is -0.410. The van der Waals surface area contributed by atoms with Gasteiger partial charge >= 0.3 is 0 Å². The van der Waals surface area contributed by atoms with Gasteiger partial charge in [0.1, 0.15) is 0 Å². The molecule has 1 heterocycles. The van der Waals surface area contributed by atoms with Crippen LogP contribution in [0.1, 0.15) is 18.9 Å². The van der Waals surface area contributed by atoms with E-state index < -0.39 is 6.10 Å². The molecule has 1 aromatic carbocycles. The maximum atomic E-state index is 11.9. The predicted molar refractivity (Wildman–Crippen MR) is 66.9 cm³/mol. The molecular formula is C13H18N2O2. The van der Waals surface area contributed by atoms with E-state index in [-0.39, 0.29) is 11.9 Å². The minimum Gasteiger partial charge on any atom is -0.392 e. The number of para-hydroxylation sites is 1. The van der Waals surface area contributed by atoms with Gasteiger partial charge in [0.2, 0.25) is 5.91 Å². The number of aliphatic hydroxyl groups is 1. The van der Waals surface area contributed by atoms with Crippen LogP contribution in [-0.2, 0) is 11.2 Å². The van der Waals surface area contributed by atoms with E-state index in [0.29, 0.717) is 13.0 Å². The van der Waals surface area contributed by atoms with Crippen LogP contribution in [0.25, 0.3) is 0 Å². The number of aliphatic hydroxyl groups excluding tert-OH is 1. The Morgan fingerprint density at radius 2 is 2.29 bits per heavy atom. The van der Waals surface area contributed by atoms with Crippen LogP contribution in [0.4, 0.5) is 5.69 Å². The molecule has 0 saturated carbocycles. The molecule has 2 rings (SSSR count). The highest BCUT2D eigenvalue weighted by molar-refractivity contribution is 5.95. The third kappa shape index (κ3) is 2.84. The summed E-state index contributed by atoms with van der Waals surface area (Å²) in [6, 6.07) is 7.50. The van der Waals surface area contributed by atoms with Crippen molar-refractivity contribution in [3.05, 3.63) is 29.8 Å². The molecule has 0 spiro atoms. The first-order valence-electron chi connectivity index (χ1n) is 6.01. The van der Waals surface area contributed by atoms with Gasteiger partial charge in [-0.25, -0.2) is 0 Å². The van der Waals surface area contributed by atoms with Crippen molar-refractivity contribution in [1.82, 2.24) is 5.32 Å². The van der Waals surface area contributed by atoms with Crippen molar-refractivity contribution in [2.45, 2.75) is 31.9 Å². The smallest absolute Gasteiger partial charge is 0.241 e. The number of hydrogen-bond acceptors (Lipinski definition) is 3. The monoisotopic (exact) mass is 234 g/mol. The highest BCUT2D eigenvalue weighted by Gasteiger charge is 2.28. The SMILES string of the molecule is CCc1ccccc1NC(=O)C1CC(O)CN1. The summed E-state index contributed by atoms with van der Waals surface area (Å²) in [5.41, 5.74) is 1.99. The molecule has 1 amide bonds. The van der Waals surface area contributed by atoms with Crippen molar-refractivity contribution < 1.29 is 9.90 Å². The highest BCUT2D eigenvalue weighted by Crippen LogP contribution is 2.17. The molecular weight excluding hydrogens is 216 g/mol. The molecule has 1 fully saturated rings. The molecule has 2 atom stereocenters. The zero-order chi connectivity index (χ0) is 12.3. The first kappa shape index (κ1) is 12.1.